The molecule has 1 heterocycles. The van der Waals surface area contributed by atoms with Gasteiger partial charge in [-0.3, -0.25) is 14.3 Å². The van der Waals surface area contributed by atoms with Gasteiger partial charge in [-0.2, -0.15) is 0 Å². The van der Waals surface area contributed by atoms with Crippen LogP contribution < -0.4 is 16.4 Å². The average molecular weight is 317 g/mol. The summed E-state index contributed by atoms with van der Waals surface area (Å²) in [6.07, 6.45) is 0.641. The van der Waals surface area contributed by atoms with Gasteiger partial charge in [0.2, 0.25) is 10.0 Å². The van der Waals surface area contributed by atoms with Crippen molar-refractivity contribution in [2.24, 2.45) is 5.14 Å². The lowest BCUT2D eigenvalue weighted by atomic mass is 10.2. The van der Waals surface area contributed by atoms with E-state index in [1.165, 1.54) is 0 Å². The number of nitrogens with one attached hydrogen (secondary N) is 1. The molecule has 0 fully saturated rings. The van der Waals surface area contributed by atoms with Gasteiger partial charge in [0, 0.05) is 11.8 Å². The van der Waals surface area contributed by atoms with Crippen molar-refractivity contribution in [3.8, 4) is 0 Å². The first-order valence-electron chi connectivity index (χ1n) is 5.49. The lowest BCUT2D eigenvalue weighted by molar-refractivity contribution is 0.536. The van der Waals surface area contributed by atoms with Crippen molar-refractivity contribution in [1.29, 1.82) is 0 Å². The van der Waals surface area contributed by atoms with Crippen LogP contribution in [0.25, 0.3) is 0 Å². The van der Waals surface area contributed by atoms with Crippen molar-refractivity contribution in [2.45, 2.75) is 11.4 Å². The molecular formula is C11H9F2N3O4S. The molecule has 0 bridgehead atoms. The maximum atomic E-state index is 13.5. The first-order chi connectivity index (χ1) is 9.70. The van der Waals surface area contributed by atoms with Gasteiger partial charge >= 0.3 is 5.69 Å². The van der Waals surface area contributed by atoms with Crippen LogP contribution in [-0.4, -0.2) is 18.0 Å². The Balaban J connectivity index is 2.61. The number of hydrogen-bond donors (Lipinski definition) is 2. The number of H-pyrrole nitrogens is 1. The highest BCUT2D eigenvalue weighted by Gasteiger charge is 2.17. The third-order valence-corrected chi connectivity index (χ3v) is 3.58. The minimum absolute atomic E-state index is 0.452. The molecule has 7 nitrogen and oxygen atoms in total. The minimum Gasteiger partial charge on any atom is -0.295 e. The van der Waals surface area contributed by atoms with Crippen molar-refractivity contribution in [1.82, 2.24) is 9.55 Å². The second kappa shape index (κ2) is 5.22. The van der Waals surface area contributed by atoms with E-state index in [0.717, 1.165) is 18.2 Å². The molecule has 0 amide bonds. The number of primary sulfonamides is 1. The summed E-state index contributed by atoms with van der Waals surface area (Å²) in [5, 5.41) is 4.82. The van der Waals surface area contributed by atoms with Crippen LogP contribution >= 0.6 is 0 Å². The first-order valence-corrected chi connectivity index (χ1v) is 7.04. The van der Waals surface area contributed by atoms with Crippen LogP contribution in [0.3, 0.4) is 0 Å². The molecule has 0 unspecified atom stereocenters. The summed E-state index contributed by atoms with van der Waals surface area (Å²) in [6, 6.07) is 3.10. The fourth-order valence-corrected chi connectivity index (χ4v) is 2.25. The zero-order valence-electron chi connectivity index (χ0n) is 10.3. The molecule has 1 aromatic carbocycles. The van der Waals surface area contributed by atoms with Crippen molar-refractivity contribution in [2.75, 3.05) is 0 Å². The molecule has 0 aliphatic heterocycles. The molecule has 2 aromatic rings. The van der Waals surface area contributed by atoms with E-state index in [-0.39, 0.29) is 0 Å². The number of rotatable bonds is 3. The summed E-state index contributed by atoms with van der Waals surface area (Å²) in [7, 11) is -4.38. The molecule has 0 saturated heterocycles. The second-order valence-corrected chi connectivity index (χ2v) is 5.66. The largest absolute Gasteiger partial charge is 0.328 e. The van der Waals surface area contributed by atoms with E-state index >= 15 is 0 Å². The molecule has 0 spiro atoms. The van der Waals surface area contributed by atoms with E-state index in [0.29, 0.717) is 10.8 Å². The Morgan fingerprint density at radius 1 is 1.19 bits per heavy atom. The summed E-state index contributed by atoms with van der Waals surface area (Å²) in [5.74, 6) is -1.82. The predicted octanol–water partition coefficient (Wildman–Crippen LogP) is -0.489. The molecule has 0 saturated carbocycles. The van der Waals surface area contributed by atoms with E-state index in [1.54, 1.807) is 4.98 Å². The monoisotopic (exact) mass is 317 g/mol. The number of aromatic nitrogens is 2. The number of halogens is 2. The van der Waals surface area contributed by atoms with Gasteiger partial charge in [-0.15, -0.1) is 0 Å². The average Bonchev–Trinajstić information content (AvgIpc) is 2.34. The van der Waals surface area contributed by atoms with Crippen LogP contribution in [0.2, 0.25) is 0 Å². The highest BCUT2D eigenvalue weighted by atomic mass is 32.2. The van der Waals surface area contributed by atoms with E-state index in [1.807, 2.05) is 0 Å². The van der Waals surface area contributed by atoms with Crippen molar-refractivity contribution in [3.05, 3.63) is 62.4 Å². The number of aromatic amines is 1. The Labute approximate surface area is 116 Å². The first kappa shape index (κ1) is 15.1. The fourth-order valence-electron chi connectivity index (χ4n) is 1.66. The fraction of sp³-hybridized carbons (Fsp3) is 0.0909. The van der Waals surface area contributed by atoms with Crippen LogP contribution in [0.1, 0.15) is 5.56 Å². The van der Waals surface area contributed by atoms with Crippen LogP contribution in [0.5, 0.6) is 0 Å². The number of sulfonamides is 1. The number of hydrogen-bond acceptors (Lipinski definition) is 4. The van der Waals surface area contributed by atoms with Gasteiger partial charge in [-0.1, -0.05) is 6.07 Å². The topological polar surface area (TPSA) is 115 Å². The van der Waals surface area contributed by atoms with Gasteiger partial charge in [0.15, 0.2) is 4.90 Å². The summed E-state index contributed by atoms with van der Waals surface area (Å²) >= 11 is 0. The molecule has 0 atom stereocenters. The summed E-state index contributed by atoms with van der Waals surface area (Å²) < 4.78 is 50.1. The third kappa shape index (κ3) is 3.06. The molecule has 0 aliphatic carbocycles. The highest BCUT2D eigenvalue weighted by Crippen LogP contribution is 2.13. The smallest absolute Gasteiger partial charge is 0.295 e. The van der Waals surface area contributed by atoms with E-state index < -0.39 is 49.9 Å². The Bertz CT molecular complexity index is 898. The molecule has 2 rings (SSSR count). The zero-order valence-corrected chi connectivity index (χ0v) is 11.2. The quantitative estimate of drug-likeness (QED) is 0.795. The van der Waals surface area contributed by atoms with Gasteiger partial charge in [0.1, 0.15) is 11.6 Å². The molecule has 10 heteroatoms. The summed E-state index contributed by atoms with van der Waals surface area (Å²) in [5.41, 5.74) is -2.67. The van der Waals surface area contributed by atoms with E-state index in [2.05, 4.69) is 0 Å². The van der Waals surface area contributed by atoms with Crippen molar-refractivity contribution >= 4 is 10.0 Å². The standard InChI is InChI=1S/C11H9F2N3O4S/c12-7-2-1-3-8(13)6(7)4-16-5-9(21(14,19)20)10(17)15-11(16)18/h1-3,5H,4H2,(H2,14,19,20)(H,15,17,18). The van der Waals surface area contributed by atoms with Crippen LogP contribution in [0, 0.1) is 11.6 Å². The molecule has 112 valence electrons. The van der Waals surface area contributed by atoms with Crippen molar-refractivity contribution < 1.29 is 17.2 Å². The molecule has 21 heavy (non-hydrogen) atoms. The molecule has 1 aromatic heterocycles. The van der Waals surface area contributed by atoms with E-state index in [4.69, 9.17) is 5.14 Å². The Hall–Kier alpha value is -2.33. The molecule has 3 N–H and O–H groups in total. The maximum Gasteiger partial charge on any atom is 0.328 e. The molecule has 0 aliphatic rings. The molecular weight excluding hydrogens is 308 g/mol. The SMILES string of the molecule is NS(=O)(=O)c1cn(Cc2c(F)cccc2F)c(=O)[nH]c1=O. The Kier molecular flexibility index (Phi) is 3.75. The normalized spacial score (nSPS) is 11.6. The number of nitrogens with two attached hydrogens (primary N) is 1. The summed E-state index contributed by atoms with van der Waals surface area (Å²) in [6.45, 7) is -0.601. The lowest BCUT2D eigenvalue weighted by Crippen LogP contribution is -2.35. The van der Waals surface area contributed by atoms with Crippen LogP contribution in [-0.2, 0) is 16.6 Å². The van der Waals surface area contributed by atoms with Gasteiger partial charge in [0.05, 0.1) is 6.54 Å². The van der Waals surface area contributed by atoms with Gasteiger partial charge < -0.3 is 0 Å². The number of nitrogens with zero attached hydrogens (tertiary/aromatic N) is 1. The van der Waals surface area contributed by atoms with Gasteiger partial charge in [-0.05, 0) is 12.1 Å². The lowest BCUT2D eigenvalue weighted by Gasteiger charge is -2.08. The van der Waals surface area contributed by atoms with Crippen LogP contribution in [0.4, 0.5) is 8.78 Å². The molecule has 0 radical (unpaired) electrons. The third-order valence-electron chi connectivity index (χ3n) is 2.67. The second-order valence-electron chi connectivity index (χ2n) is 4.13. The maximum absolute atomic E-state index is 13.5. The van der Waals surface area contributed by atoms with Crippen molar-refractivity contribution in [3.63, 3.8) is 0 Å². The van der Waals surface area contributed by atoms with Gasteiger partial charge in [0.25, 0.3) is 5.56 Å². The van der Waals surface area contributed by atoms with Gasteiger partial charge in [-0.25, -0.2) is 27.1 Å². The number of benzene rings is 1. The Morgan fingerprint density at radius 3 is 2.29 bits per heavy atom. The zero-order chi connectivity index (χ0) is 15.8. The predicted molar refractivity (Wildman–Crippen MR) is 68.2 cm³/mol. The van der Waals surface area contributed by atoms with E-state index in [9.17, 15) is 26.8 Å². The minimum atomic E-state index is -4.38. The Morgan fingerprint density at radius 2 is 1.76 bits per heavy atom. The van der Waals surface area contributed by atoms with Crippen LogP contribution in [0.15, 0.2) is 38.9 Å². The highest BCUT2D eigenvalue weighted by molar-refractivity contribution is 7.89. The summed E-state index contributed by atoms with van der Waals surface area (Å²) in [4.78, 5) is 23.8.